The number of hydrogen-bond donors (Lipinski definition) is 1. The second kappa shape index (κ2) is 4.64. The number of nitrogens with zero attached hydrogens (tertiary/aromatic N) is 1. The normalized spacial score (nSPS) is 16.7. The van der Waals surface area contributed by atoms with Gasteiger partial charge < -0.3 is 10.5 Å². The lowest BCUT2D eigenvalue weighted by Gasteiger charge is -2.12. The molecule has 1 aliphatic heterocycles. The lowest BCUT2D eigenvalue weighted by atomic mass is 10.1. The van der Waals surface area contributed by atoms with E-state index in [2.05, 4.69) is 30.1 Å². The maximum Gasteiger partial charge on any atom is 0.127 e. The van der Waals surface area contributed by atoms with E-state index in [0.29, 0.717) is 6.54 Å². The lowest BCUT2D eigenvalue weighted by molar-refractivity contribution is 0.258. The SMILES string of the molecule is CN1CCOc2c(CCN)cccc2C1. The van der Waals surface area contributed by atoms with Crippen molar-refractivity contribution in [2.24, 2.45) is 5.73 Å². The highest BCUT2D eigenvalue weighted by Gasteiger charge is 2.14. The average Bonchev–Trinajstić information content (AvgIpc) is 2.40. The van der Waals surface area contributed by atoms with Crippen LogP contribution in [0.2, 0.25) is 0 Å². The van der Waals surface area contributed by atoms with Crippen LogP contribution in [0.3, 0.4) is 0 Å². The van der Waals surface area contributed by atoms with Gasteiger partial charge >= 0.3 is 0 Å². The number of nitrogens with two attached hydrogens (primary N) is 1. The molecule has 0 bridgehead atoms. The molecule has 15 heavy (non-hydrogen) atoms. The fourth-order valence-electron chi connectivity index (χ4n) is 1.97. The summed E-state index contributed by atoms with van der Waals surface area (Å²) in [7, 11) is 2.12. The summed E-state index contributed by atoms with van der Waals surface area (Å²) < 4.78 is 5.81. The molecule has 0 saturated heterocycles. The van der Waals surface area contributed by atoms with Gasteiger partial charge in [-0.05, 0) is 25.6 Å². The van der Waals surface area contributed by atoms with Crippen molar-refractivity contribution in [2.45, 2.75) is 13.0 Å². The number of para-hydroxylation sites is 1. The van der Waals surface area contributed by atoms with Crippen LogP contribution in [0.5, 0.6) is 5.75 Å². The first-order valence-corrected chi connectivity index (χ1v) is 5.43. The second-order valence-electron chi connectivity index (χ2n) is 4.03. The van der Waals surface area contributed by atoms with Gasteiger partial charge in [0.1, 0.15) is 12.4 Å². The third-order valence-corrected chi connectivity index (χ3v) is 2.75. The van der Waals surface area contributed by atoms with Crippen molar-refractivity contribution < 1.29 is 4.74 Å². The summed E-state index contributed by atoms with van der Waals surface area (Å²) in [5.41, 5.74) is 8.11. The van der Waals surface area contributed by atoms with Crippen molar-refractivity contribution in [3.63, 3.8) is 0 Å². The van der Waals surface area contributed by atoms with Crippen molar-refractivity contribution >= 4 is 0 Å². The minimum atomic E-state index is 0.676. The standard InChI is InChI=1S/C12H18N2O/c1-14-7-8-15-12-10(5-6-13)3-2-4-11(12)9-14/h2-4H,5-9,13H2,1H3. The highest BCUT2D eigenvalue weighted by Crippen LogP contribution is 2.27. The Kier molecular flexibility index (Phi) is 3.23. The summed E-state index contributed by atoms with van der Waals surface area (Å²) in [5, 5.41) is 0. The van der Waals surface area contributed by atoms with Gasteiger partial charge in [0.15, 0.2) is 0 Å². The molecule has 1 aromatic carbocycles. The minimum Gasteiger partial charge on any atom is -0.492 e. The Balaban J connectivity index is 2.32. The van der Waals surface area contributed by atoms with Gasteiger partial charge in [-0.25, -0.2) is 0 Å². The van der Waals surface area contributed by atoms with E-state index in [0.717, 1.165) is 31.9 Å². The fraction of sp³-hybridized carbons (Fsp3) is 0.500. The molecular formula is C12H18N2O. The van der Waals surface area contributed by atoms with Crippen molar-refractivity contribution in [1.29, 1.82) is 0 Å². The molecule has 0 spiro atoms. The van der Waals surface area contributed by atoms with Gasteiger partial charge in [-0.15, -0.1) is 0 Å². The Hall–Kier alpha value is -1.06. The lowest BCUT2D eigenvalue weighted by Crippen LogP contribution is -2.20. The van der Waals surface area contributed by atoms with Crippen LogP contribution in [-0.2, 0) is 13.0 Å². The first kappa shape index (κ1) is 10.5. The van der Waals surface area contributed by atoms with Gasteiger partial charge in [0.25, 0.3) is 0 Å². The van der Waals surface area contributed by atoms with E-state index in [1.807, 2.05) is 0 Å². The summed E-state index contributed by atoms with van der Waals surface area (Å²) in [6, 6.07) is 6.33. The smallest absolute Gasteiger partial charge is 0.127 e. The maximum absolute atomic E-state index is 5.81. The van der Waals surface area contributed by atoms with E-state index < -0.39 is 0 Å². The van der Waals surface area contributed by atoms with E-state index >= 15 is 0 Å². The molecule has 3 nitrogen and oxygen atoms in total. The molecular weight excluding hydrogens is 188 g/mol. The second-order valence-corrected chi connectivity index (χ2v) is 4.03. The van der Waals surface area contributed by atoms with Crippen LogP contribution >= 0.6 is 0 Å². The predicted octanol–water partition coefficient (Wildman–Crippen LogP) is 1.01. The number of ether oxygens (including phenoxy) is 1. The van der Waals surface area contributed by atoms with Gasteiger partial charge in [0.2, 0.25) is 0 Å². The van der Waals surface area contributed by atoms with Gasteiger partial charge in [-0.2, -0.15) is 0 Å². The largest absolute Gasteiger partial charge is 0.492 e. The molecule has 0 saturated carbocycles. The molecule has 0 amide bonds. The summed E-state index contributed by atoms with van der Waals surface area (Å²) in [6.07, 6.45) is 0.896. The number of likely N-dealkylation sites (N-methyl/N-ethyl adjacent to an activating group) is 1. The van der Waals surface area contributed by atoms with Gasteiger partial charge in [0, 0.05) is 18.7 Å². The van der Waals surface area contributed by atoms with Crippen molar-refractivity contribution in [1.82, 2.24) is 4.90 Å². The van der Waals surface area contributed by atoms with E-state index in [-0.39, 0.29) is 0 Å². The Morgan fingerprint density at radius 2 is 2.33 bits per heavy atom. The number of benzene rings is 1. The number of rotatable bonds is 2. The fourth-order valence-corrected chi connectivity index (χ4v) is 1.97. The highest BCUT2D eigenvalue weighted by molar-refractivity contribution is 5.42. The molecule has 2 rings (SSSR count). The molecule has 0 aromatic heterocycles. The third-order valence-electron chi connectivity index (χ3n) is 2.75. The van der Waals surface area contributed by atoms with Gasteiger partial charge in [-0.1, -0.05) is 18.2 Å². The van der Waals surface area contributed by atoms with E-state index in [9.17, 15) is 0 Å². The highest BCUT2D eigenvalue weighted by atomic mass is 16.5. The first-order valence-electron chi connectivity index (χ1n) is 5.43. The Labute approximate surface area is 90.8 Å². The number of hydrogen-bond acceptors (Lipinski definition) is 3. The molecule has 2 N–H and O–H groups in total. The zero-order chi connectivity index (χ0) is 10.7. The Morgan fingerprint density at radius 1 is 1.47 bits per heavy atom. The maximum atomic E-state index is 5.81. The zero-order valence-electron chi connectivity index (χ0n) is 9.20. The summed E-state index contributed by atoms with van der Waals surface area (Å²) in [5.74, 6) is 1.06. The zero-order valence-corrected chi connectivity index (χ0v) is 9.20. The number of fused-ring (bicyclic) bond motifs is 1. The summed E-state index contributed by atoms with van der Waals surface area (Å²) in [6.45, 7) is 3.39. The molecule has 1 aliphatic rings. The summed E-state index contributed by atoms with van der Waals surface area (Å²) in [4.78, 5) is 2.28. The van der Waals surface area contributed by atoms with Crippen LogP contribution in [0.25, 0.3) is 0 Å². The molecule has 0 radical (unpaired) electrons. The molecule has 3 heteroatoms. The van der Waals surface area contributed by atoms with Crippen molar-refractivity contribution in [2.75, 3.05) is 26.7 Å². The molecule has 1 aromatic rings. The molecule has 0 atom stereocenters. The summed E-state index contributed by atoms with van der Waals surface area (Å²) >= 11 is 0. The molecule has 0 fully saturated rings. The monoisotopic (exact) mass is 206 g/mol. The van der Waals surface area contributed by atoms with Crippen LogP contribution in [0.15, 0.2) is 18.2 Å². The predicted molar refractivity (Wildman–Crippen MR) is 61.0 cm³/mol. The van der Waals surface area contributed by atoms with E-state index in [4.69, 9.17) is 10.5 Å². The van der Waals surface area contributed by atoms with Crippen LogP contribution in [0.1, 0.15) is 11.1 Å². The molecule has 82 valence electrons. The van der Waals surface area contributed by atoms with Crippen molar-refractivity contribution in [3.8, 4) is 5.75 Å². The minimum absolute atomic E-state index is 0.676. The molecule has 1 heterocycles. The van der Waals surface area contributed by atoms with Crippen LogP contribution in [0, 0.1) is 0 Å². The van der Waals surface area contributed by atoms with Gasteiger partial charge in [0.05, 0.1) is 0 Å². The van der Waals surface area contributed by atoms with Crippen LogP contribution in [-0.4, -0.2) is 31.6 Å². The van der Waals surface area contributed by atoms with Crippen molar-refractivity contribution in [3.05, 3.63) is 29.3 Å². The topological polar surface area (TPSA) is 38.5 Å². The third kappa shape index (κ3) is 2.30. The quantitative estimate of drug-likeness (QED) is 0.785. The van der Waals surface area contributed by atoms with E-state index in [1.165, 1.54) is 11.1 Å². The average molecular weight is 206 g/mol. The van der Waals surface area contributed by atoms with Gasteiger partial charge in [-0.3, -0.25) is 4.90 Å². The molecule has 0 unspecified atom stereocenters. The Bertz CT molecular complexity index is 338. The van der Waals surface area contributed by atoms with Crippen LogP contribution in [0.4, 0.5) is 0 Å². The molecule has 0 aliphatic carbocycles. The van der Waals surface area contributed by atoms with Crippen LogP contribution < -0.4 is 10.5 Å². The Morgan fingerprint density at radius 3 is 3.13 bits per heavy atom. The first-order chi connectivity index (χ1) is 7.31. The van der Waals surface area contributed by atoms with E-state index in [1.54, 1.807) is 0 Å².